The molecule has 1 saturated carbocycles. The van der Waals surface area contributed by atoms with Gasteiger partial charge in [0.05, 0.1) is 9.82 Å². The van der Waals surface area contributed by atoms with E-state index in [1.807, 2.05) is 0 Å². The second kappa shape index (κ2) is 6.43. The van der Waals surface area contributed by atoms with Gasteiger partial charge in [-0.2, -0.15) is 0 Å². The summed E-state index contributed by atoms with van der Waals surface area (Å²) in [6, 6.07) is 3.50. The monoisotopic (exact) mass is 350 g/mol. The van der Waals surface area contributed by atoms with Gasteiger partial charge in [0.15, 0.2) is 0 Å². The van der Waals surface area contributed by atoms with Gasteiger partial charge in [-0.25, -0.2) is 4.79 Å². The SMILES string of the molecule is CSc1ccc(C(=O)N2CC3CCCC3C2C(=O)O)cc1[N+](=O)[O-]. The molecule has 24 heavy (non-hydrogen) atoms. The van der Waals surface area contributed by atoms with Gasteiger partial charge in [-0.05, 0) is 43.1 Å². The third kappa shape index (κ3) is 2.75. The molecule has 0 spiro atoms. The molecule has 1 N–H and O–H groups in total. The van der Waals surface area contributed by atoms with Gasteiger partial charge in [-0.3, -0.25) is 14.9 Å². The summed E-state index contributed by atoms with van der Waals surface area (Å²) in [5, 5.41) is 20.7. The first-order valence-corrected chi connectivity index (χ1v) is 9.02. The summed E-state index contributed by atoms with van der Waals surface area (Å²) < 4.78 is 0. The van der Waals surface area contributed by atoms with E-state index in [1.54, 1.807) is 12.3 Å². The summed E-state index contributed by atoms with van der Waals surface area (Å²) in [7, 11) is 0. The van der Waals surface area contributed by atoms with Gasteiger partial charge in [0, 0.05) is 18.2 Å². The Morgan fingerprint density at radius 3 is 2.75 bits per heavy atom. The molecule has 0 radical (unpaired) electrons. The Morgan fingerprint density at radius 1 is 1.38 bits per heavy atom. The van der Waals surface area contributed by atoms with Crippen molar-refractivity contribution in [3.63, 3.8) is 0 Å². The molecule has 3 atom stereocenters. The van der Waals surface area contributed by atoms with Crippen LogP contribution < -0.4 is 0 Å². The zero-order valence-electron chi connectivity index (χ0n) is 13.2. The van der Waals surface area contributed by atoms with Gasteiger partial charge in [0.2, 0.25) is 0 Å². The van der Waals surface area contributed by atoms with Crippen molar-refractivity contribution in [1.29, 1.82) is 0 Å². The smallest absolute Gasteiger partial charge is 0.326 e. The number of fused-ring (bicyclic) bond motifs is 1. The fourth-order valence-electron chi connectivity index (χ4n) is 3.96. The zero-order valence-corrected chi connectivity index (χ0v) is 14.0. The Bertz CT molecular complexity index is 708. The zero-order chi connectivity index (χ0) is 17.4. The Kier molecular flexibility index (Phi) is 4.49. The van der Waals surface area contributed by atoms with E-state index in [-0.39, 0.29) is 23.1 Å². The molecule has 7 nitrogen and oxygen atoms in total. The lowest BCUT2D eigenvalue weighted by Crippen LogP contribution is -2.43. The van der Waals surface area contributed by atoms with Crippen LogP contribution in [-0.2, 0) is 4.79 Å². The third-order valence-corrected chi connectivity index (χ3v) is 5.81. The Labute approximate surface area is 143 Å². The molecular weight excluding hydrogens is 332 g/mol. The van der Waals surface area contributed by atoms with Crippen LogP contribution in [0.1, 0.15) is 29.6 Å². The number of hydrogen-bond acceptors (Lipinski definition) is 5. The topological polar surface area (TPSA) is 101 Å². The van der Waals surface area contributed by atoms with Crippen LogP contribution in [0.3, 0.4) is 0 Å². The summed E-state index contributed by atoms with van der Waals surface area (Å²) in [6.07, 6.45) is 4.47. The van der Waals surface area contributed by atoms with Crippen molar-refractivity contribution in [2.75, 3.05) is 12.8 Å². The molecule has 2 fully saturated rings. The number of carbonyl (C=O) groups excluding carboxylic acids is 1. The van der Waals surface area contributed by atoms with Crippen molar-refractivity contribution in [3.05, 3.63) is 33.9 Å². The van der Waals surface area contributed by atoms with Crippen molar-refractivity contribution < 1.29 is 19.6 Å². The first kappa shape index (κ1) is 16.8. The number of carbonyl (C=O) groups is 2. The van der Waals surface area contributed by atoms with E-state index in [9.17, 15) is 24.8 Å². The second-order valence-corrected chi connectivity index (χ2v) is 7.09. The number of hydrogen-bond donors (Lipinski definition) is 1. The Balaban J connectivity index is 1.92. The van der Waals surface area contributed by atoms with E-state index in [1.165, 1.54) is 28.8 Å². The molecule has 2 aliphatic rings. The van der Waals surface area contributed by atoms with E-state index in [2.05, 4.69) is 0 Å². The quantitative estimate of drug-likeness (QED) is 0.509. The van der Waals surface area contributed by atoms with Crippen LogP contribution >= 0.6 is 11.8 Å². The number of nitro groups is 1. The highest BCUT2D eigenvalue weighted by atomic mass is 32.2. The number of rotatable bonds is 4. The Morgan fingerprint density at radius 2 is 2.12 bits per heavy atom. The van der Waals surface area contributed by atoms with Crippen LogP contribution in [0, 0.1) is 22.0 Å². The molecule has 1 aromatic carbocycles. The number of likely N-dealkylation sites (tertiary alicyclic amines) is 1. The highest BCUT2D eigenvalue weighted by Gasteiger charge is 2.49. The molecule has 1 aliphatic heterocycles. The highest BCUT2D eigenvalue weighted by molar-refractivity contribution is 7.98. The predicted molar refractivity (Wildman–Crippen MR) is 88.2 cm³/mol. The van der Waals surface area contributed by atoms with Crippen molar-refractivity contribution in [3.8, 4) is 0 Å². The lowest BCUT2D eigenvalue weighted by Gasteiger charge is -2.24. The van der Waals surface area contributed by atoms with Crippen LogP contribution in [0.25, 0.3) is 0 Å². The van der Waals surface area contributed by atoms with Crippen LogP contribution in [0.2, 0.25) is 0 Å². The van der Waals surface area contributed by atoms with E-state index in [0.717, 1.165) is 19.3 Å². The fourth-order valence-corrected chi connectivity index (χ4v) is 4.51. The first-order chi connectivity index (χ1) is 11.4. The number of aliphatic carboxylic acids is 1. The average Bonchev–Trinajstić information content (AvgIpc) is 3.13. The molecule has 3 rings (SSSR count). The summed E-state index contributed by atoms with van der Waals surface area (Å²) in [5.41, 5.74) is 0.0466. The van der Waals surface area contributed by atoms with Gasteiger partial charge < -0.3 is 10.0 Å². The maximum absolute atomic E-state index is 12.8. The molecule has 8 heteroatoms. The number of thioether (sulfide) groups is 1. The van der Waals surface area contributed by atoms with Crippen LogP contribution in [0.4, 0.5) is 5.69 Å². The maximum atomic E-state index is 12.8. The molecule has 0 bridgehead atoms. The van der Waals surface area contributed by atoms with Gasteiger partial charge in [-0.1, -0.05) is 6.42 Å². The standard InChI is InChI=1S/C16H18N2O5S/c1-24-13-6-5-9(7-12(13)18(22)23)15(19)17-8-10-3-2-4-11(10)14(17)16(20)21/h5-7,10-11,14H,2-4,8H2,1H3,(H,20,21). The molecule has 1 aromatic rings. The minimum atomic E-state index is -0.993. The summed E-state index contributed by atoms with van der Waals surface area (Å²) in [4.78, 5) is 37.0. The van der Waals surface area contributed by atoms with E-state index >= 15 is 0 Å². The Hall–Kier alpha value is -2.09. The summed E-state index contributed by atoms with van der Waals surface area (Å²) >= 11 is 1.23. The van der Waals surface area contributed by atoms with Crippen LogP contribution in [0.15, 0.2) is 23.1 Å². The molecular formula is C16H18N2O5S. The predicted octanol–water partition coefficient (Wildman–Crippen LogP) is 2.64. The van der Waals surface area contributed by atoms with Crippen molar-refractivity contribution >= 4 is 29.3 Å². The number of carboxylic acid groups (broad SMARTS) is 1. The molecule has 1 amide bonds. The fraction of sp³-hybridized carbons (Fsp3) is 0.500. The average molecular weight is 350 g/mol. The lowest BCUT2D eigenvalue weighted by atomic mass is 9.94. The minimum absolute atomic E-state index is 0.00749. The minimum Gasteiger partial charge on any atom is -0.480 e. The first-order valence-electron chi connectivity index (χ1n) is 7.80. The van der Waals surface area contributed by atoms with Crippen molar-refractivity contribution in [2.24, 2.45) is 11.8 Å². The third-order valence-electron chi connectivity index (χ3n) is 5.03. The molecule has 1 saturated heterocycles. The maximum Gasteiger partial charge on any atom is 0.326 e. The lowest BCUT2D eigenvalue weighted by molar-refractivity contribution is -0.387. The number of nitro benzene ring substituents is 1. The number of amides is 1. The highest BCUT2D eigenvalue weighted by Crippen LogP contribution is 2.43. The summed E-state index contributed by atoms with van der Waals surface area (Å²) in [6.45, 7) is 0.415. The number of nitrogens with zero attached hydrogens (tertiary/aromatic N) is 2. The number of benzene rings is 1. The second-order valence-electron chi connectivity index (χ2n) is 6.24. The molecule has 3 unspecified atom stereocenters. The van der Waals surface area contributed by atoms with Crippen molar-refractivity contribution in [1.82, 2.24) is 4.90 Å². The van der Waals surface area contributed by atoms with Gasteiger partial charge >= 0.3 is 5.97 Å². The van der Waals surface area contributed by atoms with Gasteiger partial charge in [-0.15, -0.1) is 11.8 Å². The largest absolute Gasteiger partial charge is 0.480 e. The number of carboxylic acids is 1. The van der Waals surface area contributed by atoms with E-state index in [4.69, 9.17) is 0 Å². The van der Waals surface area contributed by atoms with E-state index in [0.29, 0.717) is 11.4 Å². The molecule has 1 aliphatic carbocycles. The van der Waals surface area contributed by atoms with Crippen molar-refractivity contribution in [2.45, 2.75) is 30.2 Å². The molecule has 128 valence electrons. The van der Waals surface area contributed by atoms with Crippen LogP contribution in [-0.4, -0.2) is 45.6 Å². The normalized spacial score (nSPS) is 25.5. The van der Waals surface area contributed by atoms with Crippen LogP contribution in [0.5, 0.6) is 0 Å². The van der Waals surface area contributed by atoms with Gasteiger partial charge in [0.1, 0.15) is 6.04 Å². The summed E-state index contributed by atoms with van der Waals surface area (Å²) in [5.74, 6) is -1.22. The van der Waals surface area contributed by atoms with E-state index < -0.39 is 22.8 Å². The molecule has 0 aromatic heterocycles. The van der Waals surface area contributed by atoms with Gasteiger partial charge in [0.25, 0.3) is 11.6 Å². The molecule has 1 heterocycles.